The van der Waals surface area contributed by atoms with Crippen LogP contribution in [0.1, 0.15) is 24.2 Å². The number of aliphatic hydroxyl groups is 1. The van der Waals surface area contributed by atoms with Crippen molar-refractivity contribution in [3.63, 3.8) is 0 Å². The molecule has 13 nitrogen and oxygen atoms in total. The van der Waals surface area contributed by atoms with Crippen molar-refractivity contribution in [2.45, 2.75) is 26.0 Å². The SMILES string of the molecule is COc1ccc(NC(=O)Nc2ccc3c(c2)C(=O)N([C@H](C)CO)C[C@@H](C)[C@@H](CN(C)C(=O)Nc2ccc4c(c2)OCO4)O3)cc1. The number of anilines is 3. The number of urea groups is 2. The highest BCUT2D eigenvalue weighted by molar-refractivity contribution is 6.02. The Kier molecular flexibility index (Phi) is 9.48. The van der Waals surface area contributed by atoms with Gasteiger partial charge in [0.1, 0.15) is 17.6 Å². The smallest absolute Gasteiger partial charge is 0.323 e. The molecule has 0 fully saturated rings. The van der Waals surface area contributed by atoms with Gasteiger partial charge in [-0.3, -0.25) is 4.79 Å². The number of carbonyl (C=O) groups is 3. The van der Waals surface area contributed by atoms with E-state index in [1.165, 1.54) is 4.90 Å². The number of methoxy groups -OCH3 is 1. The Morgan fingerprint density at radius 1 is 0.978 bits per heavy atom. The molecule has 13 heteroatoms. The van der Waals surface area contributed by atoms with Crippen LogP contribution in [0.5, 0.6) is 23.0 Å². The Labute approximate surface area is 261 Å². The average Bonchev–Trinajstić information content (AvgIpc) is 3.51. The van der Waals surface area contributed by atoms with E-state index in [2.05, 4.69) is 16.0 Å². The molecule has 2 aliphatic rings. The molecule has 0 unspecified atom stereocenters. The Morgan fingerprint density at radius 3 is 2.33 bits per heavy atom. The van der Waals surface area contributed by atoms with Crippen LogP contribution in [-0.2, 0) is 0 Å². The van der Waals surface area contributed by atoms with Crippen molar-refractivity contribution in [2.75, 3.05) is 56.6 Å². The number of benzene rings is 3. The van der Waals surface area contributed by atoms with E-state index in [9.17, 15) is 19.5 Å². The van der Waals surface area contributed by atoms with Crippen LogP contribution in [0, 0.1) is 5.92 Å². The summed E-state index contributed by atoms with van der Waals surface area (Å²) >= 11 is 0. The standard InChI is InChI=1S/C32H37N5O8/c1-19-15-37(20(2)17-38)30(39)25-13-22(34-31(40)33-21-5-9-24(42-4)10-6-21)7-11-26(25)45-29(19)16-36(3)32(41)35-23-8-12-27-28(14-23)44-18-43-27/h5-14,19-20,29,38H,15-18H2,1-4H3,(H,35,41)(H2,33,34,40)/t19-,20-,29-/m1/s1. The van der Waals surface area contributed by atoms with Crippen molar-refractivity contribution in [1.29, 1.82) is 0 Å². The largest absolute Gasteiger partial charge is 0.497 e. The van der Waals surface area contributed by atoms with E-state index in [1.54, 1.807) is 86.6 Å². The molecule has 3 aromatic carbocycles. The van der Waals surface area contributed by atoms with Gasteiger partial charge in [0.25, 0.3) is 5.91 Å². The first-order chi connectivity index (χ1) is 21.6. The first kappa shape index (κ1) is 31.3. The number of amides is 5. The van der Waals surface area contributed by atoms with Crippen LogP contribution in [0.2, 0.25) is 0 Å². The molecule has 0 bridgehead atoms. The summed E-state index contributed by atoms with van der Waals surface area (Å²) in [6.07, 6.45) is -0.505. The Morgan fingerprint density at radius 2 is 1.62 bits per heavy atom. The van der Waals surface area contributed by atoms with Crippen LogP contribution in [0.15, 0.2) is 60.7 Å². The van der Waals surface area contributed by atoms with E-state index in [0.717, 1.165) is 0 Å². The van der Waals surface area contributed by atoms with E-state index in [1.807, 2.05) is 6.92 Å². The zero-order valence-corrected chi connectivity index (χ0v) is 25.5. The molecule has 0 radical (unpaired) electrons. The first-order valence-electron chi connectivity index (χ1n) is 14.5. The van der Waals surface area contributed by atoms with Crippen molar-refractivity contribution in [3.8, 4) is 23.0 Å². The van der Waals surface area contributed by atoms with Crippen molar-refractivity contribution in [3.05, 3.63) is 66.2 Å². The number of nitrogens with zero attached hydrogens (tertiary/aromatic N) is 2. The minimum Gasteiger partial charge on any atom is -0.497 e. The van der Waals surface area contributed by atoms with Crippen LogP contribution in [0.3, 0.4) is 0 Å². The van der Waals surface area contributed by atoms with Gasteiger partial charge in [0.2, 0.25) is 6.79 Å². The minimum absolute atomic E-state index is 0.133. The number of ether oxygens (including phenoxy) is 4. The normalized spacial score (nSPS) is 17.6. The molecule has 0 aliphatic carbocycles. The molecule has 3 atom stereocenters. The van der Waals surface area contributed by atoms with Gasteiger partial charge in [0, 0.05) is 42.6 Å². The lowest BCUT2D eigenvalue weighted by Crippen LogP contribution is -2.50. The van der Waals surface area contributed by atoms with Crippen molar-refractivity contribution in [2.24, 2.45) is 5.92 Å². The molecular formula is C32H37N5O8. The summed E-state index contributed by atoms with van der Waals surface area (Å²) in [5, 5.41) is 18.3. The first-order valence-corrected chi connectivity index (χ1v) is 14.5. The van der Waals surface area contributed by atoms with E-state index in [-0.39, 0.29) is 49.9 Å². The minimum atomic E-state index is -0.505. The fourth-order valence-electron chi connectivity index (χ4n) is 5.03. The van der Waals surface area contributed by atoms with Gasteiger partial charge in [-0.05, 0) is 61.5 Å². The van der Waals surface area contributed by atoms with Gasteiger partial charge in [-0.2, -0.15) is 0 Å². The number of fused-ring (bicyclic) bond motifs is 2. The molecule has 0 spiro atoms. The maximum atomic E-state index is 13.7. The summed E-state index contributed by atoms with van der Waals surface area (Å²) in [4.78, 5) is 42.7. The third-order valence-corrected chi connectivity index (χ3v) is 7.69. The predicted octanol–water partition coefficient (Wildman–Crippen LogP) is 4.45. The van der Waals surface area contributed by atoms with Crippen LogP contribution >= 0.6 is 0 Å². The van der Waals surface area contributed by atoms with Crippen molar-refractivity contribution >= 4 is 35.0 Å². The van der Waals surface area contributed by atoms with E-state index in [0.29, 0.717) is 40.1 Å². The second-order valence-electron chi connectivity index (χ2n) is 11.0. The number of carbonyl (C=O) groups excluding carboxylic acids is 3. The highest BCUT2D eigenvalue weighted by Crippen LogP contribution is 2.34. The molecule has 2 heterocycles. The maximum absolute atomic E-state index is 13.7. The molecule has 4 N–H and O–H groups in total. The number of nitrogens with one attached hydrogen (secondary N) is 3. The second-order valence-corrected chi connectivity index (χ2v) is 11.0. The van der Waals surface area contributed by atoms with Gasteiger partial charge in [-0.1, -0.05) is 6.92 Å². The van der Waals surface area contributed by atoms with Crippen LogP contribution in [0.25, 0.3) is 0 Å². The summed E-state index contributed by atoms with van der Waals surface area (Å²) in [5.41, 5.74) is 1.71. The van der Waals surface area contributed by atoms with E-state index < -0.39 is 18.2 Å². The van der Waals surface area contributed by atoms with E-state index >= 15 is 0 Å². The molecule has 45 heavy (non-hydrogen) atoms. The van der Waals surface area contributed by atoms with Gasteiger partial charge in [0.05, 0.1) is 31.9 Å². The quantitative estimate of drug-likeness (QED) is 0.289. The van der Waals surface area contributed by atoms with Gasteiger partial charge in [0.15, 0.2) is 11.5 Å². The number of rotatable bonds is 8. The Hall–Kier alpha value is -5.17. The van der Waals surface area contributed by atoms with Gasteiger partial charge in [-0.15, -0.1) is 0 Å². The average molecular weight is 620 g/mol. The van der Waals surface area contributed by atoms with Crippen LogP contribution in [-0.4, -0.2) is 85.7 Å². The van der Waals surface area contributed by atoms with Gasteiger partial charge >= 0.3 is 12.1 Å². The molecule has 5 rings (SSSR count). The molecule has 0 saturated heterocycles. The Balaban J connectivity index is 1.32. The zero-order chi connectivity index (χ0) is 32.1. The summed E-state index contributed by atoms with van der Waals surface area (Å²) in [6.45, 7) is 4.07. The lowest BCUT2D eigenvalue weighted by Gasteiger charge is -2.38. The Bertz CT molecular complexity index is 1550. The van der Waals surface area contributed by atoms with Gasteiger partial charge in [-0.25, -0.2) is 9.59 Å². The fraction of sp³-hybridized carbons (Fsp3) is 0.344. The highest BCUT2D eigenvalue weighted by atomic mass is 16.7. The molecule has 0 aromatic heterocycles. The number of aliphatic hydroxyl groups excluding tert-OH is 1. The summed E-state index contributed by atoms with van der Waals surface area (Å²) < 4.78 is 22.3. The topological polar surface area (TPSA) is 151 Å². The third-order valence-electron chi connectivity index (χ3n) is 7.69. The summed E-state index contributed by atoms with van der Waals surface area (Å²) in [5.74, 6) is 1.59. The molecule has 0 saturated carbocycles. The summed E-state index contributed by atoms with van der Waals surface area (Å²) in [6, 6.07) is 15.5. The van der Waals surface area contributed by atoms with Crippen molar-refractivity contribution < 1.29 is 38.4 Å². The van der Waals surface area contributed by atoms with Gasteiger partial charge < -0.3 is 49.8 Å². The maximum Gasteiger partial charge on any atom is 0.323 e. The van der Waals surface area contributed by atoms with E-state index in [4.69, 9.17) is 18.9 Å². The van der Waals surface area contributed by atoms with Crippen LogP contribution < -0.4 is 34.9 Å². The lowest BCUT2D eigenvalue weighted by molar-refractivity contribution is 0.0371. The molecule has 238 valence electrons. The molecule has 3 aromatic rings. The fourth-order valence-corrected chi connectivity index (χ4v) is 5.03. The molecular weight excluding hydrogens is 582 g/mol. The summed E-state index contributed by atoms with van der Waals surface area (Å²) in [7, 11) is 3.22. The second kappa shape index (κ2) is 13.6. The van der Waals surface area contributed by atoms with Crippen LogP contribution in [0.4, 0.5) is 26.7 Å². The molecule has 2 aliphatic heterocycles. The predicted molar refractivity (Wildman–Crippen MR) is 167 cm³/mol. The number of likely N-dealkylation sites (N-methyl/N-ethyl adjacent to an activating group) is 1. The third kappa shape index (κ3) is 7.32. The zero-order valence-electron chi connectivity index (χ0n) is 25.5. The number of hydrogen-bond donors (Lipinski definition) is 4. The molecule has 5 amide bonds. The monoisotopic (exact) mass is 619 g/mol. The lowest BCUT2D eigenvalue weighted by atomic mass is 9.99. The number of hydrogen-bond acceptors (Lipinski definition) is 8. The highest BCUT2D eigenvalue weighted by Gasteiger charge is 2.34. The van der Waals surface area contributed by atoms with Crippen molar-refractivity contribution in [1.82, 2.24) is 9.80 Å².